The number of carbonyl (C=O) groups is 1. The van der Waals surface area contributed by atoms with Crippen LogP contribution in [0.3, 0.4) is 0 Å². The molecule has 1 saturated heterocycles. The normalized spacial score (nSPS) is 25.5. The van der Waals surface area contributed by atoms with Gasteiger partial charge in [-0.3, -0.25) is 9.69 Å². The molecule has 0 radical (unpaired) electrons. The monoisotopic (exact) mass is 480 g/mol. The first-order chi connectivity index (χ1) is 17.0. The Labute approximate surface area is 207 Å². The highest BCUT2D eigenvalue weighted by Crippen LogP contribution is 2.48. The lowest BCUT2D eigenvalue weighted by molar-refractivity contribution is -0.147. The van der Waals surface area contributed by atoms with Crippen molar-refractivity contribution >= 4 is 5.91 Å². The summed E-state index contributed by atoms with van der Waals surface area (Å²) in [4.78, 5) is 15.9. The largest absolute Gasteiger partial charge is 0.493 e. The van der Waals surface area contributed by atoms with Crippen molar-refractivity contribution in [2.24, 2.45) is 17.8 Å². The molecule has 3 fully saturated rings. The van der Waals surface area contributed by atoms with Crippen molar-refractivity contribution in [3.63, 3.8) is 0 Å². The smallest absolute Gasteiger partial charge is 0.257 e. The number of aliphatic hydroxyl groups is 1. The summed E-state index contributed by atoms with van der Waals surface area (Å²) in [6.45, 7) is 2.61. The highest BCUT2D eigenvalue weighted by atomic mass is 16.5. The second kappa shape index (κ2) is 9.70. The van der Waals surface area contributed by atoms with E-state index in [4.69, 9.17) is 14.2 Å². The van der Waals surface area contributed by atoms with Crippen LogP contribution in [0.15, 0.2) is 42.5 Å². The highest BCUT2D eigenvalue weighted by Gasteiger charge is 2.58. The molecule has 7 nitrogen and oxygen atoms in total. The number of rotatable bonds is 9. The average Bonchev–Trinajstić information content (AvgIpc) is 3.28. The summed E-state index contributed by atoms with van der Waals surface area (Å²) >= 11 is 0. The molecular weight excluding hydrogens is 444 g/mol. The molecule has 5 rings (SSSR count). The summed E-state index contributed by atoms with van der Waals surface area (Å²) in [5.74, 6) is 2.49. The Morgan fingerprint density at radius 3 is 2.14 bits per heavy atom. The summed E-state index contributed by atoms with van der Waals surface area (Å²) in [6, 6.07) is 13.6. The highest BCUT2D eigenvalue weighted by molar-refractivity contribution is 5.87. The van der Waals surface area contributed by atoms with Gasteiger partial charge in [0, 0.05) is 31.6 Å². The van der Waals surface area contributed by atoms with Gasteiger partial charge < -0.3 is 24.6 Å². The number of ether oxygens (including phenoxy) is 3. The van der Waals surface area contributed by atoms with E-state index in [1.54, 1.807) is 21.3 Å². The first-order valence-corrected chi connectivity index (χ1v) is 12.6. The maximum Gasteiger partial charge on any atom is 0.257 e. The van der Waals surface area contributed by atoms with Crippen LogP contribution in [0.4, 0.5) is 0 Å². The van der Waals surface area contributed by atoms with Crippen LogP contribution in [0.5, 0.6) is 17.2 Å². The van der Waals surface area contributed by atoms with E-state index in [0.29, 0.717) is 34.6 Å². The molecule has 1 amide bonds. The van der Waals surface area contributed by atoms with Gasteiger partial charge in [-0.2, -0.15) is 0 Å². The van der Waals surface area contributed by atoms with Gasteiger partial charge in [-0.15, -0.1) is 0 Å². The maximum atomic E-state index is 13.5. The van der Waals surface area contributed by atoms with E-state index in [-0.39, 0.29) is 17.9 Å². The van der Waals surface area contributed by atoms with Gasteiger partial charge in [0.2, 0.25) is 5.75 Å². The van der Waals surface area contributed by atoms with Crippen LogP contribution in [0.25, 0.3) is 0 Å². The Bertz CT molecular complexity index is 1020. The molecule has 2 aromatic rings. The first-order valence-electron chi connectivity index (χ1n) is 12.6. The molecule has 0 bridgehead atoms. The van der Waals surface area contributed by atoms with Gasteiger partial charge >= 0.3 is 0 Å². The van der Waals surface area contributed by atoms with Gasteiger partial charge in [-0.1, -0.05) is 43.2 Å². The summed E-state index contributed by atoms with van der Waals surface area (Å²) in [5, 5.41) is 15.0. The number of hydrogen-bond acceptors (Lipinski definition) is 6. The molecule has 2 unspecified atom stereocenters. The lowest BCUT2D eigenvalue weighted by Crippen LogP contribution is -2.50. The van der Waals surface area contributed by atoms with Crippen LogP contribution < -0.4 is 19.5 Å². The molecule has 188 valence electrons. The standard InChI is InChI=1S/C28H36N2O5/c1-33-23-13-18(14-24(34-2)26(23)35-3)15-30-16-21-22(17-30)25(21)29-27(31)28(32,20-11-7-8-12-20)19-9-5-4-6-10-19/h4-6,9-10,13-14,20-22,25,32H,7-8,11-12,15-17H2,1-3H3,(H,29,31)/t21-,22+,25?,28?. The molecule has 2 N–H and O–H groups in total. The number of piperidine rings is 1. The zero-order valence-corrected chi connectivity index (χ0v) is 20.8. The van der Waals surface area contributed by atoms with E-state index in [0.717, 1.165) is 50.9 Å². The van der Waals surface area contributed by atoms with Gasteiger partial charge in [0.15, 0.2) is 17.1 Å². The van der Waals surface area contributed by atoms with Gasteiger partial charge in [0.25, 0.3) is 5.91 Å². The van der Waals surface area contributed by atoms with Crippen LogP contribution in [0.2, 0.25) is 0 Å². The molecule has 7 heteroatoms. The maximum absolute atomic E-state index is 13.5. The van der Waals surface area contributed by atoms with Gasteiger partial charge in [0.05, 0.1) is 21.3 Å². The Hall–Kier alpha value is -2.77. The van der Waals surface area contributed by atoms with Crippen molar-refractivity contribution < 1.29 is 24.1 Å². The zero-order chi connectivity index (χ0) is 24.6. The number of likely N-dealkylation sites (tertiary alicyclic amines) is 1. The van der Waals surface area contributed by atoms with E-state index in [9.17, 15) is 9.90 Å². The van der Waals surface area contributed by atoms with Crippen molar-refractivity contribution in [1.29, 1.82) is 0 Å². The van der Waals surface area contributed by atoms with Crippen molar-refractivity contribution in [2.75, 3.05) is 34.4 Å². The van der Waals surface area contributed by atoms with Gasteiger partial charge in [0.1, 0.15) is 0 Å². The summed E-state index contributed by atoms with van der Waals surface area (Å²) in [5.41, 5.74) is 0.352. The van der Waals surface area contributed by atoms with Gasteiger partial charge in [-0.05, 0) is 47.9 Å². The number of hydrogen-bond donors (Lipinski definition) is 2. The van der Waals surface area contributed by atoms with Crippen LogP contribution in [-0.4, -0.2) is 56.4 Å². The van der Waals surface area contributed by atoms with E-state index >= 15 is 0 Å². The minimum atomic E-state index is -1.45. The average molecular weight is 481 g/mol. The fourth-order valence-electron chi connectivity index (χ4n) is 6.29. The molecule has 2 aromatic carbocycles. The van der Waals surface area contributed by atoms with Crippen molar-refractivity contribution in [3.05, 3.63) is 53.6 Å². The Kier molecular flexibility index (Phi) is 6.64. The fraction of sp³-hybridized carbons (Fsp3) is 0.536. The second-order valence-corrected chi connectivity index (χ2v) is 10.2. The molecular formula is C28H36N2O5. The Morgan fingerprint density at radius 1 is 1.00 bits per heavy atom. The van der Waals surface area contributed by atoms with Crippen molar-refractivity contribution in [1.82, 2.24) is 10.2 Å². The quantitative estimate of drug-likeness (QED) is 0.573. The van der Waals surface area contributed by atoms with Crippen LogP contribution >= 0.6 is 0 Å². The molecule has 2 aliphatic carbocycles. The fourth-order valence-corrected chi connectivity index (χ4v) is 6.29. The molecule has 0 spiro atoms. The molecule has 1 heterocycles. The van der Waals surface area contributed by atoms with Crippen LogP contribution in [0.1, 0.15) is 36.8 Å². The Balaban J connectivity index is 1.23. The Morgan fingerprint density at radius 2 is 1.60 bits per heavy atom. The SMILES string of the molecule is COc1cc(CN2C[C@@H]3C(NC(=O)C(O)(c4ccccc4)C4CCCC4)[C@@H]3C2)cc(OC)c1OC. The van der Waals surface area contributed by atoms with Crippen molar-refractivity contribution in [3.8, 4) is 17.2 Å². The van der Waals surface area contributed by atoms with E-state index in [2.05, 4.69) is 10.2 Å². The number of fused-ring (bicyclic) bond motifs is 1. The predicted octanol–water partition coefficient (Wildman–Crippen LogP) is 3.34. The third-order valence-electron chi connectivity index (χ3n) is 8.20. The molecule has 0 aromatic heterocycles. The lowest BCUT2D eigenvalue weighted by Gasteiger charge is -2.33. The van der Waals surface area contributed by atoms with Crippen LogP contribution in [0, 0.1) is 17.8 Å². The molecule has 1 aliphatic heterocycles. The summed E-state index contributed by atoms with van der Waals surface area (Å²) < 4.78 is 16.4. The van der Waals surface area contributed by atoms with E-state index in [1.165, 1.54) is 0 Å². The predicted molar refractivity (Wildman–Crippen MR) is 133 cm³/mol. The third-order valence-corrected chi connectivity index (χ3v) is 8.20. The van der Waals surface area contributed by atoms with Crippen LogP contribution in [-0.2, 0) is 16.9 Å². The van der Waals surface area contributed by atoms with Gasteiger partial charge in [-0.25, -0.2) is 0 Å². The number of methoxy groups -OCH3 is 3. The number of benzene rings is 2. The molecule has 4 atom stereocenters. The number of nitrogens with zero attached hydrogens (tertiary/aromatic N) is 1. The molecule has 2 saturated carbocycles. The van der Waals surface area contributed by atoms with E-state index in [1.807, 2.05) is 42.5 Å². The molecule has 3 aliphatic rings. The number of amides is 1. The molecule has 35 heavy (non-hydrogen) atoms. The number of carbonyl (C=O) groups excluding carboxylic acids is 1. The lowest BCUT2D eigenvalue weighted by atomic mass is 9.79. The third kappa shape index (κ3) is 4.36. The minimum absolute atomic E-state index is 0.0278. The topological polar surface area (TPSA) is 80.3 Å². The van der Waals surface area contributed by atoms with Crippen molar-refractivity contribution in [2.45, 2.75) is 43.9 Å². The first kappa shape index (κ1) is 23.9. The zero-order valence-electron chi connectivity index (χ0n) is 20.8. The summed E-state index contributed by atoms with van der Waals surface area (Å²) in [6.07, 6.45) is 3.91. The minimum Gasteiger partial charge on any atom is -0.493 e. The number of nitrogens with one attached hydrogen (secondary N) is 1. The summed E-state index contributed by atoms with van der Waals surface area (Å²) in [7, 11) is 4.86. The van der Waals surface area contributed by atoms with E-state index < -0.39 is 5.60 Å². The second-order valence-electron chi connectivity index (χ2n) is 10.2.